The first-order valence-corrected chi connectivity index (χ1v) is 27.1. The van der Waals surface area contributed by atoms with Gasteiger partial charge in [0.1, 0.15) is 22.3 Å². The maximum Gasteiger partial charge on any atom is 0.143 e. The molecule has 0 atom stereocenters. The third-order valence-corrected chi connectivity index (χ3v) is 18.0. The fourth-order valence-electron chi connectivity index (χ4n) is 14.1. The quantitative estimate of drug-likeness (QED) is 0.172. The summed E-state index contributed by atoms with van der Waals surface area (Å²) in [5.74, 6) is 0. The zero-order chi connectivity index (χ0) is 51.8. The van der Waals surface area contributed by atoms with Crippen LogP contribution in [0.25, 0.3) is 99.5 Å². The number of anilines is 3. The van der Waals surface area contributed by atoms with Crippen molar-refractivity contribution in [3.63, 3.8) is 0 Å². The molecular formula is C73H59NO2. The standard InChI is InChI=1S/C73H59NO2/c1-70(2,3)54-27-17-13-24-46(54)52-40-60-65(68-50-26-16-20-30-63(50)76-69(52)68)48-34-32-44(38-57(48)73(60,8)9)74(61-28-18-14-23-45(61)42-21-11-10-12-22-42)43-31-33-47-51-39-59-53(41-58(51)72(6,7)56(47)37-43)66-55(71(59,4)5)35-36-64-67(66)49-25-15-19-29-62(49)75-64/h10-41H,1-9H3. The average Bonchev–Trinajstić information content (AvgIpc) is 4.35. The number of nitrogens with zero attached hydrogens (tertiary/aromatic N) is 1. The molecule has 15 rings (SSSR count). The van der Waals surface area contributed by atoms with Crippen molar-refractivity contribution in [3.8, 4) is 55.6 Å². The number of furan rings is 2. The van der Waals surface area contributed by atoms with Gasteiger partial charge in [0, 0.05) is 60.3 Å². The van der Waals surface area contributed by atoms with Gasteiger partial charge in [0.2, 0.25) is 0 Å². The summed E-state index contributed by atoms with van der Waals surface area (Å²) in [5, 5.41) is 4.74. The molecule has 0 spiro atoms. The minimum Gasteiger partial charge on any atom is -0.456 e. The van der Waals surface area contributed by atoms with Gasteiger partial charge in [-0.25, -0.2) is 0 Å². The highest BCUT2D eigenvalue weighted by Gasteiger charge is 2.44. The Labute approximate surface area is 445 Å². The van der Waals surface area contributed by atoms with Crippen LogP contribution in [0.4, 0.5) is 17.1 Å². The second kappa shape index (κ2) is 15.4. The third kappa shape index (κ3) is 6.06. The van der Waals surface area contributed by atoms with Crippen LogP contribution in [-0.2, 0) is 21.7 Å². The number of hydrogen-bond acceptors (Lipinski definition) is 3. The number of hydrogen-bond donors (Lipinski definition) is 0. The van der Waals surface area contributed by atoms with E-state index < -0.39 is 0 Å². The minimum atomic E-state index is -0.341. The molecule has 3 heteroatoms. The number of fused-ring (bicyclic) bond motifs is 17. The van der Waals surface area contributed by atoms with Crippen molar-refractivity contribution >= 4 is 60.9 Å². The van der Waals surface area contributed by atoms with Gasteiger partial charge in [-0.1, -0.05) is 190 Å². The summed E-state index contributed by atoms with van der Waals surface area (Å²) < 4.78 is 13.5. The Bertz CT molecular complexity index is 4470. The van der Waals surface area contributed by atoms with Gasteiger partial charge in [-0.15, -0.1) is 0 Å². The molecule has 2 heterocycles. The molecule has 2 aromatic heterocycles. The van der Waals surface area contributed by atoms with E-state index >= 15 is 0 Å². The van der Waals surface area contributed by atoms with Gasteiger partial charge in [-0.2, -0.15) is 0 Å². The normalized spacial score (nSPS) is 15.2. The van der Waals surface area contributed by atoms with Crippen LogP contribution in [0, 0.1) is 0 Å². The lowest BCUT2D eigenvalue weighted by Crippen LogP contribution is -2.18. The zero-order valence-electron chi connectivity index (χ0n) is 44.7. The number of rotatable bonds is 5. The molecule has 0 saturated heterocycles. The van der Waals surface area contributed by atoms with Crippen molar-refractivity contribution in [3.05, 3.63) is 233 Å². The van der Waals surface area contributed by atoms with Crippen LogP contribution in [0.3, 0.4) is 0 Å². The second-order valence-electron chi connectivity index (χ2n) is 24.4. The Balaban J connectivity index is 0.923. The molecule has 0 unspecified atom stereocenters. The number of para-hydroxylation sites is 3. The predicted molar refractivity (Wildman–Crippen MR) is 318 cm³/mol. The van der Waals surface area contributed by atoms with E-state index in [1.54, 1.807) is 0 Å². The molecule has 0 aliphatic heterocycles. The van der Waals surface area contributed by atoms with E-state index in [1.165, 1.54) is 105 Å². The minimum absolute atomic E-state index is 0.0665. The van der Waals surface area contributed by atoms with E-state index in [4.69, 9.17) is 8.83 Å². The van der Waals surface area contributed by atoms with Crippen LogP contribution in [0.15, 0.2) is 203 Å². The van der Waals surface area contributed by atoms with E-state index in [9.17, 15) is 0 Å². The maximum atomic E-state index is 6.99. The summed E-state index contributed by atoms with van der Waals surface area (Å²) in [5.41, 5.74) is 28.2. The summed E-state index contributed by atoms with van der Waals surface area (Å²) in [7, 11) is 0. The van der Waals surface area contributed by atoms with Crippen LogP contribution < -0.4 is 4.90 Å². The molecule has 76 heavy (non-hydrogen) atoms. The van der Waals surface area contributed by atoms with Crippen molar-refractivity contribution in [2.45, 2.75) is 84.0 Å². The largest absolute Gasteiger partial charge is 0.456 e. The molecule has 3 nitrogen and oxygen atoms in total. The Morgan fingerprint density at radius 3 is 1.62 bits per heavy atom. The van der Waals surface area contributed by atoms with E-state index in [2.05, 4.69) is 261 Å². The fraction of sp³-hybridized carbons (Fsp3) is 0.178. The first-order chi connectivity index (χ1) is 36.6. The fourth-order valence-corrected chi connectivity index (χ4v) is 14.1. The molecular weight excluding hydrogens is 923 g/mol. The molecule has 0 saturated carbocycles. The molecule has 3 aliphatic carbocycles. The van der Waals surface area contributed by atoms with Crippen molar-refractivity contribution in [1.82, 2.24) is 0 Å². The topological polar surface area (TPSA) is 29.5 Å². The Kier molecular flexibility index (Phi) is 9.10. The third-order valence-electron chi connectivity index (χ3n) is 18.0. The zero-order valence-corrected chi connectivity index (χ0v) is 44.7. The van der Waals surface area contributed by atoms with Crippen LogP contribution in [0.1, 0.15) is 101 Å². The highest BCUT2D eigenvalue weighted by atomic mass is 16.3. The molecule has 12 aromatic rings. The van der Waals surface area contributed by atoms with Crippen LogP contribution >= 0.6 is 0 Å². The molecule has 368 valence electrons. The smallest absolute Gasteiger partial charge is 0.143 e. The van der Waals surface area contributed by atoms with Crippen molar-refractivity contribution < 1.29 is 8.83 Å². The molecule has 0 bridgehead atoms. The highest BCUT2D eigenvalue weighted by Crippen LogP contribution is 2.60. The van der Waals surface area contributed by atoms with Gasteiger partial charge < -0.3 is 13.7 Å². The molecule has 0 N–H and O–H groups in total. The first kappa shape index (κ1) is 45.0. The summed E-state index contributed by atoms with van der Waals surface area (Å²) in [6, 6.07) is 72.4. The summed E-state index contributed by atoms with van der Waals surface area (Å²) in [6.07, 6.45) is 0. The molecule has 0 amide bonds. The van der Waals surface area contributed by atoms with Gasteiger partial charge in [0.15, 0.2) is 0 Å². The Morgan fingerprint density at radius 2 is 0.882 bits per heavy atom. The Morgan fingerprint density at radius 1 is 0.355 bits per heavy atom. The lowest BCUT2D eigenvalue weighted by atomic mass is 9.78. The van der Waals surface area contributed by atoms with Gasteiger partial charge in [0.25, 0.3) is 0 Å². The van der Waals surface area contributed by atoms with Crippen LogP contribution in [0.2, 0.25) is 0 Å². The monoisotopic (exact) mass is 981 g/mol. The lowest BCUT2D eigenvalue weighted by Gasteiger charge is -2.31. The van der Waals surface area contributed by atoms with Gasteiger partial charge in [-0.3, -0.25) is 0 Å². The van der Waals surface area contributed by atoms with Gasteiger partial charge >= 0.3 is 0 Å². The van der Waals surface area contributed by atoms with Gasteiger partial charge in [0.05, 0.1) is 5.69 Å². The van der Waals surface area contributed by atoms with E-state index in [1.807, 2.05) is 0 Å². The summed E-state index contributed by atoms with van der Waals surface area (Å²) >= 11 is 0. The summed E-state index contributed by atoms with van der Waals surface area (Å²) in [6.45, 7) is 21.4. The van der Waals surface area contributed by atoms with Crippen molar-refractivity contribution in [1.29, 1.82) is 0 Å². The van der Waals surface area contributed by atoms with Crippen LogP contribution in [-0.4, -0.2) is 0 Å². The SMILES string of the molecule is CC(C)(C)c1ccccc1-c1cc2c(c3c1oc1ccccc13)-c1ccc(N(c3ccc4c(c3)C(C)(C)c3cc5c(cc3-4)C(C)(C)c3ccc4oc6ccccc6c4c3-5)c3ccccc3-c3ccccc3)cc1C2(C)C. The molecule has 3 aliphatic rings. The van der Waals surface area contributed by atoms with Crippen molar-refractivity contribution in [2.75, 3.05) is 4.90 Å². The maximum absolute atomic E-state index is 6.99. The molecule has 10 aromatic carbocycles. The molecule has 0 radical (unpaired) electrons. The first-order valence-electron chi connectivity index (χ1n) is 27.1. The average molecular weight is 982 g/mol. The van der Waals surface area contributed by atoms with E-state index in [0.717, 1.165) is 50.3 Å². The highest BCUT2D eigenvalue weighted by molar-refractivity contribution is 6.19. The lowest BCUT2D eigenvalue weighted by molar-refractivity contribution is 0.591. The van der Waals surface area contributed by atoms with E-state index in [-0.39, 0.29) is 21.7 Å². The molecule has 0 fully saturated rings. The van der Waals surface area contributed by atoms with Crippen molar-refractivity contribution in [2.24, 2.45) is 0 Å². The summed E-state index contributed by atoms with van der Waals surface area (Å²) in [4.78, 5) is 2.52. The predicted octanol–water partition coefficient (Wildman–Crippen LogP) is 20.5. The van der Waals surface area contributed by atoms with E-state index in [0.29, 0.717) is 0 Å². The number of benzene rings is 10. The second-order valence-corrected chi connectivity index (χ2v) is 24.4. The Hall–Kier alpha value is -8.40. The van der Waals surface area contributed by atoms with Gasteiger partial charge in [-0.05, 0) is 156 Å². The van der Waals surface area contributed by atoms with Crippen LogP contribution in [0.5, 0.6) is 0 Å².